The number of carboxylic acid groups (broad SMARTS) is 1. The molecule has 4 heterocycles. The van der Waals surface area contributed by atoms with E-state index in [0.29, 0.717) is 37.7 Å². The van der Waals surface area contributed by atoms with Crippen LogP contribution in [0.3, 0.4) is 0 Å². The number of aryl methyl sites for hydroxylation is 1. The number of esters is 1. The zero-order valence-electron chi connectivity index (χ0n) is 18.0. The van der Waals surface area contributed by atoms with Crippen molar-refractivity contribution >= 4 is 35.5 Å². The van der Waals surface area contributed by atoms with Crippen LogP contribution in [0.1, 0.15) is 24.7 Å². The summed E-state index contributed by atoms with van der Waals surface area (Å²) in [5.74, 6) is -2.17. The van der Waals surface area contributed by atoms with Gasteiger partial charge in [-0.05, 0) is 6.92 Å². The van der Waals surface area contributed by atoms with Gasteiger partial charge in [-0.1, -0.05) is 5.16 Å². The molecule has 1 aromatic heterocycles. The number of nitrogens with one attached hydrogen (secondary N) is 1. The largest absolute Gasteiger partial charge is 0.477 e. The molecule has 0 aromatic carbocycles. The Bertz CT molecular complexity index is 1000. The number of aromatic nitrogens is 2. The highest BCUT2D eigenvalue weighted by Gasteiger charge is 2.55. The molecule has 33 heavy (non-hydrogen) atoms. The predicted molar refractivity (Wildman–Crippen MR) is 110 cm³/mol. The van der Waals surface area contributed by atoms with Crippen LogP contribution in [0.5, 0.6) is 0 Å². The summed E-state index contributed by atoms with van der Waals surface area (Å²) in [7, 11) is 0. The van der Waals surface area contributed by atoms with Crippen molar-refractivity contribution in [1.82, 2.24) is 25.3 Å². The van der Waals surface area contributed by atoms with Crippen LogP contribution >= 0.6 is 11.8 Å². The lowest BCUT2D eigenvalue weighted by Crippen LogP contribution is -2.71. The second kappa shape index (κ2) is 9.49. The number of ether oxygens (including phenoxy) is 2. The number of fused-ring (bicyclic) bond motifs is 1. The molecule has 0 bridgehead atoms. The van der Waals surface area contributed by atoms with Gasteiger partial charge in [-0.3, -0.25) is 24.2 Å². The average Bonchev–Trinajstić information content (AvgIpc) is 3.21. The molecule has 2 N–H and O–H groups in total. The Morgan fingerprint density at radius 1 is 1.33 bits per heavy atom. The Hall–Kier alpha value is -2.97. The molecule has 2 fully saturated rings. The third kappa shape index (κ3) is 4.58. The van der Waals surface area contributed by atoms with E-state index in [2.05, 4.69) is 15.5 Å². The second-order valence-corrected chi connectivity index (χ2v) is 8.77. The smallest absolute Gasteiger partial charge is 0.352 e. The molecule has 178 valence electrons. The highest BCUT2D eigenvalue weighted by Crippen LogP contribution is 2.40. The van der Waals surface area contributed by atoms with E-state index in [0.717, 1.165) is 4.90 Å². The summed E-state index contributed by atoms with van der Waals surface area (Å²) >= 11 is 1.29. The van der Waals surface area contributed by atoms with Gasteiger partial charge in [0.25, 0.3) is 11.8 Å². The molecule has 2 amide bonds. The molecule has 1 aromatic rings. The van der Waals surface area contributed by atoms with Crippen LogP contribution < -0.4 is 5.32 Å². The normalized spacial score (nSPS) is 24.1. The van der Waals surface area contributed by atoms with Crippen molar-refractivity contribution in [3.8, 4) is 0 Å². The van der Waals surface area contributed by atoms with Crippen molar-refractivity contribution in [3.63, 3.8) is 0 Å². The highest BCUT2D eigenvalue weighted by molar-refractivity contribution is 8.00. The van der Waals surface area contributed by atoms with Gasteiger partial charge in [-0.25, -0.2) is 4.79 Å². The maximum atomic E-state index is 13.2. The van der Waals surface area contributed by atoms with Crippen LogP contribution in [-0.4, -0.2) is 98.9 Å². The number of aliphatic carboxylic acids is 1. The Morgan fingerprint density at radius 3 is 2.67 bits per heavy atom. The molecule has 14 heteroatoms. The van der Waals surface area contributed by atoms with Crippen LogP contribution in [0.25, 0.3) is 0 Å². The Balaban J connectivity index is 1.51. The van der Waals surface area contributed by atoms with Gasteiger partial charge in [0.2, 0.25) is 5.91 Å². The van der Waals surface area contributed by atoms with Gasteiger partial charge < -0.3 is 24.4 Å². The Labute approximate surface area is 192 Å². The van der Waals surface area contributed by atoms with E-state index in [4.69, 9.17) is 14.0 Å². The average molecular weight is 481 g/mol. The number of hydrogen-bond donors (Lipinski definition) is 2. The molecular weight excluding hydrogens is 458 g/mol. The lowest BCUT2D eigenvalue weighted by atomic mass is 10.0. The van der Waals surface area contributed by atoms with Gasteiger partial charge >= 0.3 is 11.9 Å². The van der Waals surface area contributed by atoms with Crippen molar-refractivity contribution in [1.29, 1.82) is 0 Å². The predicted octanol–water partition coefficient (Wildman–Crippen LogP) is -0.947. The van der Waals surface area contributed by atoms with Gasteiger partial charge in [0, 0.05) is 31.3 Å². The number of carbonyl (C=O) groups excluding carboxylic acids is 3. The summed E-state index contributed by atoms with van der Waals surface area (Å²) < 4.78 is 15.5. The zero-order valence-corrected chi connectivity index (χ0v) is 18.8. The molecular formula is C19H23N5O8S. The lowest BCUT2D eigenvalue weighted by molar-refractivity contribution is -0.152. The van der Waals surface area contributed by atoms with E-state index >= 15 is 0 Å². The lowest BCUT2D eigenvalue weighted by Gasteiger charge is -2.49. The standard InChI is InChI=1S/C19H23N5O8S/c1-9-20-16(32-22-9)14(23-3-5-30-6-4-23)15(26)21-12-17(27)24-13(19(28)29)11(7-31-10(2)25)8-33-18(12)24/h12,14,18H,3-8H2,1-2H3,(H,21,26)(H,28,29)/t12?,14?,18-/m1/s1. The summed E-state index contributed by atoms with van der Waals surface area (Å²) in [6.07, 6.45) is 0. The monoisotopic (exact) mass is 481 g/mol. The van der Waals surface area contributed by atoms with Crippen molar-refractivity contribution in [3.05, 3.63) is 23.0 Å². The van der Waals surface area contributed by atoms with Gasteiger partial charge in [-0.2, -0.15) is 4.98 Å². The molecule has 3 aliphatic rings. The van der Waals surface area contributed by atoms with Gasteiger partial charge in [-0.15, -0.1) is 11.8 Å². The molecule has 3 aliphatic heterocycles. The first-order valence-electron chi connectivity index (χ1n) is 10.2. The maximum Gasteiger partial charge on any atom is 0.352 e. The number of hydrogen-bond acceptors (Lipinski definition) is 11. The minimum absolute atomic E-state index is 0.113. The van der Waals surface area contributed by atoms with Crippen molar-refractivity contribution in [2.75, 3.05) is 38.7 Å². The van der Waals surface area contributed by atoms with Crippen LogP contribution in [-0.2, 0) is 28.7 Å². The van der Waals surface area contributed by atoms with E-state index in [1.54, 1.807) is 6.92 Å². The fourth-order valence-corrected chi connectivity index (χ4v) is 5.24. The van der Waals surface area contributed by atoms with Gasteiger partial charge in [0.1, 0.15) is 23.7 Å². The van der Waals surface area contributed by atoms with E-state index < -0.39 is 41.2 Å². The molecule has 2 saturated heterocycles. The second-order valence-electron chi connectivity index (χ2n) is 7.66. The Kier molecular flexibility index (Phi) is 6.67. The molecule has 13 nitrogen and oxygen atoms in total. The summed E-state index contributed by atoms with van der Waals surface area (Å²) in [6, 6.07) is -1.82. The van der Waals surface area contributed by atoms with E-state index in [1.165, 1.54) is 18.7 Å². The number of carboxylic acids is 1. The topological polar surface area (TPSA) is 164 Å². The van der Waals surface area contributed by atoms with E-state index in [1.807, 2.05) is 4.90 Å². The first-order chi connectivity index (χ1) is 15.8. The quantitative estimate of drug-likeness (QED) is 0.363. The highest BCUT2D eigenvalue weighted by atomic mass is 32.2. The van der Waals surface area contributed by atoms with Crippen LogP contribution in [0.15, 0.2) is 15.8 Å². The number of β-lactam (4-membered cyclic amide) rings is 1. The number of rotatable bonds is 7. The van der Waals surface area contributed by atoms with Gasteiger partial charge in [0.05, 0.1) is 13.2 Å². The SMILES string of the molecule is CC(=O)OCC1=C(C(=O)O)N2C(=O)C(NC(=O)C(c3nc(C)no3)N3CCOCC3)[C@H]2SC1. The van der Waals surface area contributed by atoms with Crippen LogP contribution in [0.2, 0.25) is 0 Å². The number of morpholine rings is 1. The van der Waals surface area contributed by atoms with Crippen LogP contribution in [0.4, 0.5) is 0 Å². The number of thioether (sulfide) groups is 1. The molecule has 0 saturated carbocycles. The molecule has 0 aliphatic carbocycles. The first kappa shape index (κ1) is 23.2. The third-order valence-corrected chi connectivity index (χ3v) is 6.77. The fourth-order valence-electron chi connectivity index (χ4n) is 3.91. The van der Waals surface area contributed by atoms with Crippen LogP contribution in [0, 0.1) is 6.92 Å². The van der Waals surface area contributed by atoms with Gasteiger partial charge in [0.15, 0.2) is 11.9 Å². The minimum atomic E-state index is -1.30. The summed E-state index contributed by atoms with van der Waals surface area (Å²) in [5.41, 5.74) is 0.109. The summed E-state index contributed by atoms with van der Waals surface area (Å²) in [5, 5.41) is 15.6. The Morgan fingerprint density at radius 2 is 2.06 bits per heavy atom. The minimum Gasteiger partial charge on any atom is -0.477 e. The summed E-state index contributed by atoms with van der Waals surface area (Å²) in [4.78, 5) is 56.2. The van der Waals surface area contributed by atoms with Crippen molar-refractivity contribution < 1.29 is 38.3 Å². The molecule has 0 spiro atoms. The van der Waals surface area contributed by atoms with Crippen molar-refractivity contribution in [2.45, 2.75) is 31.3 Å². The number of carbonyl (C=O) groups is 4. The van der Waals surface area contributed by atoms with E-state index in [9.17, 15) is 24.3 Å². The zero-order chi connectivity index (χ0) is 23.7. The number of nitrogens with zero attached hydrogens (tertiary/aromatic N) is 4. The molecule has 3 atom stereocenters. The number of amides is 2. The fraction of sp³-hybridized carbons (Fsp3) is 0.579. The maximum absolute atomic E-state index is 13.2. The molecule has 4 rings (SSSR count). The third-order valence-electron chi connectivity index (χ3n) is 5.43. The molecule has 2 unspecified atom stereocenters. The summed E-state index contributed by atoms with van der Waals surface area (Å²) in [6.45, 7) is 4.44. The van der Waals surface area contributed by atoms with Crippen molar-refractivity contribution in [2.24, 2.45) is 0 Å². The van der Waals surface area contributed by atoms with E-state index in [-0.39, 0.29) is 23.9 Å². The molecule has 0 radical (unpaired) electrons. The first-order valence-corrected chi connectivity index (χ1v) is 11.3.